The Bertz CT molecular complexity index is 165. The van der Waals surface area contributed by atoms with Crippen LogP contribution >= 0.6 is 0 Å². The zero-order chi connectivity index (χ0) is 7.23. The van der Waals surface area contributed by atoms with Crippen molar-refractivity contribution in [3.05, 3.63) is 0 Å². The maximum Gasteiger partial charge on any atom is 0.0970 e. The number of amidine groups is 1. The van der Waals surface area contributed by atoms with Gasteiger partial charge in [0.15, 0.2) is 0 Å². The van der Waals surface area contributed by atoms with Crippen LogP contribution in [0, 0.1) is 12.3 Å². The molecular weight excluding hydrogens is 124 g/mol. The van der Waals surface area contributed by atoms with Gasteiger partial charge in [-0.2, -0.15) is 0 Å². The van der Waals surface area contributed by atoms with Gasteiger partial charge in [-0.1, -0.05) is 5.92 Å². The third-order valence-electron chi connectivity index (χ3n) is 1.52. The van der Waals surface area contributed by atoms with Crippen LogP contribution < -0.4 is 5.32 Å². The first-order chi connectivity index (χ1) is 4.93. The Morgan fingerprint density at radius 1 is 1.60 bits per heavy atom. The molecule has 54 valence electrons. The number of nitrogens with one attached hydrogen (secondary N) is 1. The Morgan fingerprint density at radius 2 is 2.50 bits per heavy atom. The highest BCUT2D eigenvalue weighted by molar-refractivity contribution is 5.82. The minimum Gasteiger partial charge on any atom is -0.363 e. The van der Waals surface area contributed by atoms with Crippen molar-refractivity contribution in [2.75, 3.05) is 13.1 Å². The standard InChI is InChI=1S/C8H12N2/c1-2-6-9-8-5-3-4-7-10-8/h1H,3-7H2,(H,9,10). The largest absolute Gasteiger partial charge is 0.363 e. The van der Waals surface area contributed by atoms with Crippen LogP contribution in [0.4, 0.5) is 0 Å². The average molecular weight is 136 g/mol. The molecular formula is C8H12N2. The molecule has 0 saturated heterocycles. The molecule has 1 aliphatic heterocycles. The maximum atomic E-state index is 5.08. The van der Waals surface area contributed by atoms with Crippen molar-refractivity contribution in [1.29, 1.82) is 0 Å². The molecule has 0 amide bonds. The fraction of sp³-hybridized carbons (Fsp3) is 0.625. The first-order valence-corrected chi connectivity index (χ1v) is 3.64. The fourth-order valence-electron chi connectivity index (χ4n) is 0.995. The van der Waals surface area contributed by atoms with E-state index in [2.05, 4.69) is 16.2 Å². The van der Waals surface area contributed by atoms with Gasteiger partial charge in [0.2, 0.25) is 0 Å². The summed E-state index contributed by atoms with van der Waals surface area (Å²) in [5, 5.41) is 3.09. The van der Waals surface area contributed by atoms with Crippen LogP contribution in [0.3, 0.4) is 0 Å². The smallest absolute Gasteiger partial charge is 0.0970 e. The van der Waals surface area contributed by atoms with Crippen molar-refractivity contribution in [3.8, 4) is 12.3 Å². The molecule has 0 atom stereocenters. The summed E-state index contributed by atoms with van der Waals surface area (Å²) in [5.74, 6) is 3.61. The lowest BCUT2D eigenvalue weighted by Crippen LogP contribution is -2.25. The topological polar surface area (TPSA) is 24.4 Å². The van der Waals surface area contributed by atoms with Gasteiger partial charge >= 0.3 is 0 Å². The molecule has 0 aromatic heterocycles. The monoisotopic (exact) mass is 136 g/mol. The SMILES string of the molecule is C#CCNC1=NCCCC1. The van der Waals surface area contributed by atoms with Gasteiger partial charge in [0, 0.05) is 13.0 Å². The minimum absolute atomic E-state index is 0.610. The lowest BCUT2D eigenvalue weighted by molar-refractivity contribution is 0.717. The van der Waals surface area contributed by atoms with Crippen LogP contribution in [0.2, 0.25) is 0 Å². The van der Waals surface area contributed by atoms with Crippen molar-refractivity contribution in [1.82, 2.24) is 5.32 Å². The van der Waals surface area contributed by atoms with E-state index in [9.17, 15) is 0 Å². The first-order valence-electron chi connectivity index (χ1n) is 3.64. The van der Waals surface area contributed by atoms with E-state index in [0.29, 0.717) is 6.54 Å². The highest BCUT2D eigenvalue weighted by Gasteiger charge is 2.01. The zero-order valence-corrected chi connectivity index (χ0v) is 6.06. The van der Waals surface area contributed by atoms with Crippen molar-refractivity contribution in [2.24, 2.45) is 4.99 Å². The fourth-order valence-corrected chi connectivity index (χ4v) is 0.995. The predicted octanol–water partition coefficient (Wildman–Crippen LogP) is 0.792. The summed E-state index contributed by atoms with van der Waals surface area (Å²) in [6.07, 6.45) is 8.62. The summed E-state index contributed by atoms with van der Waals surface area (Å²) in [6, 6.07) is 0. The molecule has 0 aliphatic carbocycles. The van der Waals surface area contributed by atoms with Gasteiger partial charge in [0.25, 0.3) is 0 Å². The van der Waals surface area contributed by atoms with Crippen molar-refractivity contribution in [2.45, 2.75) is 19.3 Å². The highest BCUT2D eigenvalue weighted by Crippen LogP contribution is 2.03. The van der Waals surface area contributed by atoms with E-state index in [4.69, 9.17) is 6.42 Å². The van der Waals surface area contributed by atoms with Crippen LogP contribution in [-0.2, 0) is 0 Å². The molecule has 0 saturated carbocycles. The molecule has 1 rings (SSSR count). The summed E-state index contributed by atoms with van der Waals surface area (Å²) < 4.78 is 0. The van der Waals surface area contributed by atoms with Crippen molar-refractivity contribution >= 4 is 5.84 Å². The second-order valence-electron chi connectivity index (χ2n) is 2.34. The summed E-state index contributed by atoms with van der Waals surface area (Å²) in [5.41, 5.74) is 0. The van der Waals surface area contributed by atoms with Gasteiger partial charge in [0.1, 0.15) is 0 Å². The number of aliphatic imine (C=N–C) groups is 1. The second kappa shape index (κ2) is 3.94. The van der Waals surface area contributed by atoms with E-state index in [-0.39, 0.29) is 0 Å². The van der Waals surface area contributed by atoms with E-state index < -0.39 is 0 Å². The number of terminal acetylenes is 1. The molecule has 1 aliphatic rings. The van der Waals surface area contributed by atoms with E-state index in [1.807, 2.05) is 0 Å². The van der Waals surface area contributed by atoms with Gasteiger partial charge in [-0.15, -0.1) is 6.42 Å². The molecule has 0 bridgehead atoms. The van der Waals surface area contributed by atoms with Gasteiger partial charge in [-0.25, -0.2) is 0 Å². The molecule has 2 nitrogen and oxygen atoms in total. The van der Waals surface area contributed by atoms with Gasteiger partial charge in [-0.3, -0.25) is 4.99 Å². The van der Waals surface area contributed by atoms with Crippen LogP contribution in [0.1, 0.15) is 19.3 Å². The first kappa shape index (κ1) is 7.14. The zero-order valence-electron chi connectivity index (χ0n) is 6.06. The Morgan fingerprint density at radius 3 is 3.10 bits per heavy atom. The van der Waals surface area contributed by atoms with E-state index in [0.717, 1.165) is 18.8 Å². The Hall–Kier alpha value is -0.970. The molecule has 0 spiro atoms. The number of hydrogen-bond donors (Lipinski definition) is 1. The maximum absolute atomic E-state index is 5.08. The quantitative estimate of drug-likeness (QED) is 0.529. The van der Waals surface area contributed by atoms with Crippen molar-refractivity contribution < 1.29 is 0 Å². The number of nitrogens with zero attached hydrogens (tertiary/aromatic N) is 1. The van der Waals surface area contributed by atoms with Crippen LogP contribution in [0.15, 0.2) is 4.99 Å². The predicted molar refractivity (Wildman–Crippen MR) is 43.0 cm³/mol. The molecule has 1 heterocycles. The highest BCUT2D eigenvalue weighted by atomic mass is 15.0. The lowest BCUT2D eigenvalue weighted by Gasteiger charge is -2.11. The molecule has 0 aromatic carbocycles. The van der Waals surface area contributed by atoms with Crippen LogP contribution in [0.25, 0.3) is 0 Å². The molecule has 10 heavy (non-hydrogen) atoms. The number of rotatable bonds is 1. The molecule has 0 aromatic rings. The average Bonchev–Trinajstić information content (AvgIpc) is 2.03. The Balaban J connectivity index is 2.26. The molecule has 1 N–H and O–H groups in total. The van der Waals surface area contributed by atoms with E-state index in [1.165, 1.54) is 12.8 Å². The molecule has 0 unspecified atom stereocenters. The van der Waals surface area contributed by atoms with Gasteiger partial charge in [-0.05, 0) is 12.8 Å². The number of hydrogen-bond acceptors (Lipinski definition) is 2. The lowest BCUT2D eigenvalue weighted by atomic mass is 10.2. The summed E-state index contributed by atoms with van der Waals surface area (Å²) in [7, 11) is 0. The Labute approximate surface area is 61.7 Å². The van der Waals surface area contributed by atoms with E-state index >= 15 is 0 Å². The Kier molecular flexibility index (Phi) is 2.82. The molecule has 0 fully saturated rings. The van der Waals surface area contributed by atoms with Gasteiger partial charge < -0.3 is 5.32 Å². The minimum atomic E-state index is 0.610. The third kappa shape index (κ3) is 2.10. The van der Waals surface area contributed by atoms with Gasteiger partial charge in [0.05, 0.1) is 12.4 Å². The van der Waals surface area contributed by atoms with Crippen LogP contribution in [0.5, 0.6) is 0 Å². The third-order valence-corrected chi connectivity index (χ3v) is 1.52. The molecule has 0 radical (unpaired) electrons. The summed E-state index contributed by atoms with van der Waals surface area (Å²) >= 11 is 0. The summed E-state index contributed by atoms with van der Waals surface area (Å²) in [4.78, 5) is 4.28. The van der Waals surface area contributed by atoms with Crippen molar-refractivity contribution in [3.63, 3.8) is 0 Å². The van der Waals surface area contributed by atoms with E-state index in [1.54, 1.807) is 0 Å². The summed E-state index contributed by atoms with van der Waals surface area (Å²) in [6.45, 7) is 1.58. The molecule has 2 heteroatoms. The van der Waals surface area contributed by atoms with Crippen LogP contribution in [-0.4, -0.2) is 18.9 Å². The normalized spacial score (nSPS) is 17.3. The second-order valence-corrected chi connectivity index (χ2v) is 2.34.